The van der Waals surface area contributed by atoms with Gasteiger partial charge in [-0.3, -0.25) is 4.90 Å². The Hall–Kier alpha value is -0.420. The van der Waals surface area contributed by atoms with E-state index in [0.29, 0.717) is 18.4 Å². The molecular formula is C20H27NO3. The minimum absolute atomic E-state index is 0.0266. The van der Waals surface area contributed by atoms with Crippen molar-refractivity contribution >= 4 is 0 Å². The average Bonchev–Trinajstić information content (AvgIpc) is 2.88. The summed E-state index contributed by atoms with van der Waals surface area (Å²) >= 11 is 0. The van der Waals surface area contributed by atoms with Crippen LogP contribution >= 0.6 is 0 Å². The maximum Gasteiger partial charge on any atom is 0.123 e. The van der Waals surface area contributed by atoms with Gasteiger partial charge in [-0.1, -0.05) is 19.9 Å². The first kappa shape index (κ1) is 13.7. The van der Waals surface area contributed by atoms with Crippen molar-refractivity contribution in [1.29, 1.82) is 0 Å². The summed E-state index contributed by atoms with van der Waals surface area (Å²) in [5.41, 5.74) is -0.0153. The summed E-state index contributed by atoms with van der Waals surface area (Å²) in [5, 5.41) is 34.4. The Morgan fingerprint density at radius 3 is 2.79 bits per heavy atom. The van der Waals surface area contributed by atoms with Crippen molar-refractivity contribution in [2.45, 2.75) is 63.0 Å². The Balaban J connectivity index is 1.57. The molecule has 6 aliphatic carbocycles. The minimum atomic E-state index is -0.752. The number of hydrogen-bond acceptors (Lipinski definition) is 4. The second-order valence-corrected chi connectivity index (χ2v) is 10.7. The van der Waals surface area contributed by atoms with Crippen LogP contribution in [0.5, 0.6) is 0 Å². The SMILES string of the molecule is C=C1[C@H]2C[C@H]3[C@@H]4N5C[C@]6(C)CCC[C@]47[C@H]([C@H]2O)[C@]3(C[C@]5(O)[C@H]67)[C@@H]1O. The molecule has 9 rings (SSSR count). The highest BCUT2D eigenvalue weighted by molar-refractivity contribution is 5.45. The van der Waals surface area contributed by atoms with Crippen LogP contribution < -0.4 is 0 Å². The molecule has 12 atom stereocenters. The predicted molar refractivity (Wildman–Crippen MR) is 86.6 cm³/mol. The van der Waals surface area contributed by atoms with Gasteiger partial charge in [0.15, 0.2) is 0 Å². The number of piperidine rings is 2. The molecule has 0 amide bonds. The number of nitrogens with zero attached hydrogens (tertiary/aromatic N) is 1. The van der Waals surface area contributed by atoms with E-state index < -0.39 is 11.8 Å². The molecule has 24 heavy (non-hydrogen) atoms. The lowest BCUT2D eigenvalue weighted by atomic mass is 9.39. The van der Waals surface area contributed by atoms with Crippen LogP contribution in [-0.4, -0.2) is 50.7 Å². The predicted octanol–water partition coefficient (Wildman–Crippen LogP) is 1.11. The Kier molecular flexibility index (Phi) is 1.88. The van der Waals surface area contributed by atoms with Crippen molar-refractivity contribution in [2.24, 2.45) is 39.9 Å². The zero-order chi connectivity index (χ0) is 16.4. The first-order chi connectivity index (χ1) is 11.3. The van der Waals surface area contributed by atoms with Crippen LogP contribution in [0, 0.1) is 39.9 Å². The van der Waals surface area contributed by atoms with Crippen LogP contribution in [0.1, 0.15) is 39.0 Å². The summed E-state index contributed by atoms with van der Waals surface area (Å²) in [5.74, 6) is 0.946. The van der Waals surface area contributed by atoms with E-state index in [0.717, 1.165) is 25.0 Å². The normalized spacial score (nSPS) is 76.1. The molecule has 3 heterocycles. The molecule has 3 aliphatic heterocycles. The van der Waals surface area contributed by atoms with Gasteiger partial charge in [-0.15, -0.1) is 0 Å². The van der Waals surface area contributed by atoms with E-state index in [9.17, 15) is 15.3 Å². The first-order valence-electron chi connectivity index (χ1n) is 9.86. The highest BCUT2D eigenvalue weighted by Gasteiger charge is 2.93. The molecule has 3 saturated heterocycles. The van der Waals surface area contributed by atoms with Gasteiger partial charge in [0.05, 0.1) is 12.2 Å². The number of rotatable bonds is 0. The number of fused-ring (bicyclic) bond motifs is 1. The van der Waals surface area contributed by atoms with Crippen molar-refractivity contribution in [2.75, 3.05) is 6.54 Å². The smallest absolute Gasteiger partial charge is 0.123 e. The molecule has 1 unspecified atom stereocenters. The van der Waals surface area contributed by atoms with Gasteiger partial charge < -0.3 is 15.3 Å². The fourth-order valence-corrected chi connectivity index (χ4v) is 10.6. The molecule has 0 aromatic rings. The summed E-state index contributed by atoms with van der Waals surface area (Å²) in [6.07, 6.45) is 4.26. The quantitative estimate of drug-likeness (QED) is 0.583. The molecule has 0 aromatic carbocycles. The molecule has 130 valence electrons. The lowest BCUT2D eigenvalue weighted by Gasteiger charge is -2.67. The van der Waals surface area contributed by atoms with Gasteiger partial charge in [-0.05, 0) is 48.0 Å². The largest absolute Gasteiger partial charge is 0.392 e. The molecular weight excluding hydrogens is 302 g/mol. The topological polar surface area (TPSA) is 63.9 Å². The Labute approximate surface area is 142 Å². The highest BCUT2D eigenvalue weighted by Crippen LogP contribution is 2.88. The van der Waals surface area contributed by atoms with Gasteiger partial charge in [0.2, 0.25) is 0 Å². The van der Waals surface area contributed by atoms with E-state index >= 15 is 0 Å². The Bertz CT molecular complexity index is 724. The van der Waals surface area contributed by atoms with Crippen molar-refractivity contribution in [1.82, 2.24) is 4.90 Å². The van der Waals surface area contributed by atoms with Gasteiger partial charge in [0, 0.05) is 35.8 Å². The van der Waals surface area contributed by atoms with Gasteiger partial charge >= 0.3 is 0 Å². The summed E-state index contributed by atoms with van der Waals surface area (Å²) in [4.78, 5) is 2.45. The second kappa shape index (κ2) is 3.28. The lowest BCUT2D eigenvalue weighted by Crippen LogP contribution is -2.71. The maximum absolute atomic E-state index is 11.9. The molecule has 9 bridgehead atoms. The van der Waals surface area contributed by atoms with E-state index in [-0.39, 0.29) is 40.1 Å². The summed E-state index contributed by atoms with van der Waals surface area (Å²) in [6, 6.07) is 0.377. The molecule has 0 aromatic heterocycles. The molecule has 9 fully saturated rings. The minimum Gasteiger partial charge on any atom is -0.392 e. The van der Waals surface area contributed by atoms with Crippen molar-refractivity contribution in [3.63, 3.8) is 0 Å². The molecule has 3 N–H and O–H groups in total. The van der Waals surface area contributed by atoms with Crippen LogP contribution in [0.2, 0.25) is 0 Å². The van der Waals surface area contributed by atoms with E-state index in [1.54, 1.807) is 0 Å². The fraction of sp³-hybridized carbons (Fsp3) is 0.900. The van der Waals surface area contributed by atoms with Crippen LogP contribution in [0.15, 0.2) is 12.2 Å². The maximum atomic E-state index is 11.9. The van der Waals surface area contributed by atoms with Crippen molar-refractivity contribution in [3.05, 3.63) is 12.2 Å². The van der Waals surface area contributed by atoms with E-state index in [1.165, 1.54) is 12.8 Å². The van der Waals surface area contributed by atoms with Gasteiger partial charge in [-0.25, -0.2) is 0 Å². The van der Waals surface area contributed by atoms with Crippen LogP contribution in [0.3, 0.4) is 0 Å². The molecule has 6 saturated carbocycles. The number of aliphatic hydroxyl groups is 3. The van der Waals surface area contributed by atoms with Crippen LogP contribution in [-0.2, 0) is 0 Å². The molecule has 4 nitrogen and oxygen atoms in total. The first-order valence-corrected chi connectivity index (χ1v) is 9.86. The standard InChI is InChI=1S/C20H27NO3/c1-9-10-6-11-14-18-5-3-4-17(2)8-21(14)20(24,16(17)18)7-19(11,15(9)23)13(18)12(10)22/h10-16,22-24H,1,3-8H2,2H3/t10-,11+,12+,13+,14+,15-,16-,17+,18+,19-,20+/m1/s1. The third-order valence-corrected chi connectivity index (χ3v) is 10.4. The number of hydrogen-bond donors (Lipinski definition) is 3. The monoisotopic (exact) mass is 329 g/mol. The zero-order valence-corrected chi connectivity index (χ0v) is 14.3. The lowest BCUT2D eigenvalue weighted by molar-refractivity contribution is -0.272. The van der Waals surface area contributed by atoms with Crippen LogP contribution in [0.4, 0.5) is 0 Å². The van der Waals surface area contributed by atoms with E-state index in [2.05, 4.69) is 18.4 Å². The third-order valence-electron chi connectivity index (χ3n) is 10.4. The Morgan fingerprint density at radius 1 is 1.21 bits per heavy atom. The van der Waals surface area contributed by atoms with Crippen molar-refractivity contribution < 1.29 is 15.3 Å². The number of aliphatic hydroxyl groups excluding tert-OH is 2. The molecule has 9 aliphatic rings. The second-order valence-electron chi connectivity index (χ2n) is 10.7. The fourth-order valence-electron chi connectivity index (χ4n) is 10.6. The van der Waals surface area contributed by atoms with Crippen molar-refractivity contribution in [3.8, 4) is 0 Å². The van der Waals surface area contributed by atoms with E-state index in [4.69, 9.17) is 0 Å². The van der Waals surface area contributed by atoms with Gasteiger partial charge in [0.1, 0.15) is 5.72 Å². The molecule has 0 radical (unpaired) electrons. The van der Waals surface area contributed by atoms with Gasteiger partial charge in [0.25, 0.3) is 0 Å². The summed E-state index contributed by atoms with van der Waals surface area (Å²) in [7, 11) is 0. The summed E-state index contributed by atoms with van der Waals surface area (Å²) < 4.78 is 0. The summed E-state index contributed by atoms with van der Waals surface area (Å²) in [6.45, 7) is 7.56. The highest BCUT2D eigenvalue weighted by atomic mass is 16.3. The average molecular weight is 329 g/mol. The molecule has 4 heteroatoms. The molecule has 2 spiro atoms. The zero-order valence-electron chi connectivity index (χ0n) is 14.3. The Morgan fingerprint density at radius 2 is 2.00 bits per heavy atom. The van der Waals surface area contributed by atoms with E-state index in [1.807, 2.05) is 0 Å². The van der Waals surface area contributed by atoms with Gasteiger partial charge in [-0.2, -0.15) is 0 Å². The third kappa shape index (κ3) is 0.903. The van der Waals surface area contributed by atoms with Crippen LogP contribution in [0.25, 0.3) is 0 Å².